The minimum atomic E-state index is -4.47. The normalized spacial score (nSPS) is 31.4. The number of aliphatic hydroxyl groups is 1. The molecule has 2 fully saturated rings. The van der Waals surface area contributed by atoms with Crippen LogP contribution in [0.3, 0.4) is 0 Å². The van der Waals surface area contributed by atoms with Gasteiger partial charge in [-0.3, -0.25) is 4.79 Å². The van der Waals surface area contributed by atoms with E-state index in [1.54, 1.807) is 13.0 Å². The average molecular weight is 560 g/mol. The fourth-order valence-corrected chi connectivity index (χ4v) is 5.58. The molecule has 0 aromatic heterocycles. The molecule has 2 N–H and O–H groups in total. The molecule has 0 aromatic carbocycles. The van der Waals surface area contributed by atoms with Crippen molar-refractivity contribution in [1.82, 2.24) is 0 Å². The summed E-state index contributed by atoms with van der Waals surface area (Å²) in [6, 6.07) is 0. The summed E-state index contributed by atoms with van der Waals surface area (Å²) >= 11 is 2.33. The van der Waals surface area contributed by atoms with Crippen LogP contribution in [0.15, 0.2) is 12.2 Å². The van der Waals surface area contributed by atoms with E-state index in [4.69, 9.17) is 9.84 Å². The maximum Gasteiger partial charge on any atom is 0.397 e. The first-order chi connectivity index (χ1) is 14.4. The molecule has 31 heavy (non-hydrogen) atoms. The van der Waals surface area contributed by atoms with Gasteiger partial charge in [-0.05, 0) is 57.3 Å². The summed E-state index contributed by atoms with van der Waals surface area (Å²) in [7, 11) is 0. The van der Waals surface area contributed by atoms with Gasteiger partial charge in [-0.25, -0.2) is 0 Å². The Morgan fingerprint density at radius 2 is 1.97 bits per heavy atom. The lowest BCUT2D eigenvalue weighted by atomic mass is 9.78. The van der Waals surface area contributed by atoms with Gasteiger partial charge in [0.2, 0.25) is 0 Å². The van der Waals surface area contributed by atoms with Crippen molar-refractivity contribution in [2.24, 2.45) is 23.2 Å². The lowest BCUT2D eigenvalue weighted by Crippen LogP contribution is -2.44. The number of alkyl halides is 4. The van der Waals surface area contributed by atoms with Crippen molar-refractivity contribution in [3.8, 4) is 0 Å². The standard InChI is InChI=1S/C23H36F3IO4/c1-4-5-12-22(3,23(24,25)26)20(28)11-8-15-7-10-18-16(15)13-19(31-18)17(27)9-6-14(2)21(29)30/h8,11,14-20,28H,4-7,9-10,12-13H2,1-3H3,(H,29,30)/t14?,15-,16-,17-,18+,19-,20-,22-/m1/s1. The number of aliphatic hydroxyl groups excluding tert-OH is 1. The van der Waals surface area contributed by atoms with Gasteiger partial charge in [-0.2, -0.15) is 13.2 Å². The number of halogens is 4. The first kappa shape index (κ1) is 26.9. The minimum absolute atomic E-state index is 0.0442. The molecule has 1 aliphatic carbocycles. The molecule has 0 radical (unpaired) electrons. The second kappa shape index (κ2) is 11.2. The molecule has 8 atom stereocenters. The number of unbranched alkanes of at least 4 members (excludes halogenated alkanes) is 1. The molecule has 1 unspecified atom stereocenters. The molecular weight excluding hydrogens is 524 g/mol. The summed E-state index contributed by atoms with van der Waals surface area (Å²) in [5, 5.41) is 19.5. The largest absolute Gasteiger partial charge is 0.481 e. The van der Waals surface area contributed by atoms with Gasteiger partial charge in [0.1, 0.15) is 0 Å². The van der Waals surface area contributed by atoms with E-state index in [0.717, 1.165) is 32.6 Å². The molecular formula is C23H36F3IO4. The van der Waals surface area contributed by atoms with Crippen LogP contribution in [0.25, 0.3) is 0 Å². The average Bonchev–Trinajstić information content (AvgIpc) is 3.28. The highest BCUT2D eigenvalue weighted by molar-refractivity contribution is 14.1. The molecule has 4 nitrogen and oxygen atoms in total. The Labute approximate surface area is 197 Å². The molecule has 0 aromatic rings. The topological polar surface area (TPSA) is 66.8 Å². The van der Waals surface area contributed by atoms with Crippen molar-refractivity contribution in [3.63, 3.8) is 0 Å². The predicted octanol–water partition coefficient (Wildman–Crippen LogP) is 6.15. The number of carbonyl (C=O) groups is 1. The highest BCUT2D eigenvalue weighted by Crippen LogP contribution is 2.48. The van der Waals surface area contributed by atoms with Gasteiger partial charge >= 0.3 is 12.1 Å². The molecule has 1 heterocycles. The minimum Gasteiger partial charge on any atom is -0.481 e. The van der Waals surface area contributed by atoms with Crippen molar-refractivity contribution < 1.29 is 32.9 Å². The van der Waals surface area contributed by atoms with Crippen LogP contribution in [0, 0.1) is 23.2 Å². The zero-order chi connectivity index (χ0) is 23.4. The molecule has 0 amide bonds. The lowest BCUT2D eigenvalue weighted by molar-refractivity contribution is -0.244. The first-order valence-electron chi connectivity index (χ1n) is 11.4. The second-order valence-electron chi connectivity index (χ2n) is 9.53. The number of fused-ring (bicyclic) bond motifs is 1. The van der Waals surface area contributed by atoms with E-state index in [1.807, 2.05) is 6.92 Å². The zero-order valence-electron chi connectivity index (χ0n) is 18.6. The zero-order valence-corrected chi connectivity index (χ0v) is 20.7. The summed E-state index contributed by atoms with van der Waals surface area (Å²) in [6.45, 7) is 4.66. The third-order valence-corrected chi connectivity index (χ3v) is 8.68. The highest BCUT2D eigenvalue weighted by Gasteiger charge is 2.54. The van der Waals surface area contributed by atoms with Gasteiger partial charge in [0.15, 0.2) is 0 Å². The number of ether oxygens (including phenoxy) is 1. The van der Waals surface area contributed by atoms with Crippen LogP contribution < -0.4 is 0 Å². The van der Waals surface area contributed by atoms with Gasteiger partial charge in [0.25, 0.3) is 0 Å². The van der Waals surface area contributed by atoms with E-state index in [1.165, 1.54) is 6.08 Å². The Kier molecular flexibility index (Phi) is 9.70. The first-order valence-corrected chi connectivity index (χ1v) is 12.6. The van der Waals surface area contributed by atoms with Crippen molar-refractivity contribution in [1.29, 1.82) is 0 Å². The Morgan fingerprint density at radius 1 is 1.29 bits per heavy atom. The van der Waals surface area contributed by atoms with Crippen LogP contribution in [0.4, 0.5) is 13.2 Å². The van der Waals surface area contributed by atoms with Crippen LogP contribution in [0.2, 0.25) is 0 Å². The second-order valence-corrected chi connectivity index (χ2v) is 11.1. The Hall–Kier alpha value is -0.350. The fraction of sp³-hybridized carbons (Fsp3) is 0.870. The molecule has 8 heteroatoms. The van der Waals surface area contributed by atoms with Crippen LogP contribution in [-0.2, 0) is 9.53 Å². The SMILES string of the molecule is CCCC[C@](C)([C@H](O)C=C[C@H]1CC[C@@H]2O[C@@H]([C@H](I)CCC(C)C(=O)O)C[C@@H]21)C(F)(F)F. The smallest absolute Gasteiger partial charge is 0.397 e. The maximum atomic E-state index is 13.7. The van der Waals surface area contributed by atoms with E-state index < -0.39 is 23.7 Å². The maximum absolute atomic E-state index is 13.7. The molecule has 2 aliphatic rings. The number of carboxylic acids is 1. The monoisotopic (exact) mass is 560 g/mol. The Bertz CT molecular complexity index is 626. The summed E-state index contributed by atoms with van der Waals surface area (Å²) in [4.78, 5) is 11.0. The molecule has 1 saturated heterocycles. The summed E-state index contributed by atoms with van der Waals surface area (Å²) in [6.07, 6.45) is 2.15. The molecule has 2 rings (SSSR count). The highest BCUT2D eigenvalue weighted by atomic mass is 127. The van der Waals surface area contributed by atoms with E-state index >= 15 is 0 Å². The number of hydrogen-bond acceptors (Lipinski definition) is 3. The predicted molar refractivity (Wildman–Crippen MR) is 122 cm³/mol. The molecule has 0 bridgehead atoms. The quantitative estimate of drug-likeness (QED) is 0.181. The van der Waals surface area contributed by atoms with Crippen LogP contribution in [0.5, 0.6) is 0 Å². The third-order valence-electron chi connectivity index (χ3n) is 7.26. The van der Waals surface area contributed by atoms with Gasteiger partial charge in [-0.15, -0.1) is 0 Å². The van der Waals surface area contributed by atoms with Crippen molar-refractivity contribution in [3.05, 3.63) is 12.2 Å². The van der Waals surface area contributed by atoms with Crippen molar-refractivity contribution in [2.75, 3.05) is 0 Å². The van der Waals surface area contributed by atoms with Gasteiger partial charge in [0.05, 0.1) is 29.6 Å². The van der Waals surface area contributed by atoms with E-state index in [0.29, 0.717) is 19.3 Å². The van der Waals surface area contributed by atoms with E-state index in [9.17, 15) is 23.1 Å². The van der Waals surface area contributed by atoms with Gasteiger partial charge < -0.3 is 14.9 Å². The summed E-state index contributed by atoms with van der Waals surface area (Å²) in [5.74, 6) is -0.822. The summed E-state index contributed by atoms with van der Waals surface area (Å²) in [5.41, 5.74) is -2.14. The summed E-state index contributed by atoms with van der Waals surface area (Å²) < 4.78 is 47.4. The van der Waals surface area contributed by atoms with E-state index in [2.05, 4.69) is 22.6 Å². The van der Waals surface area contributed by atoms with Crippen LogP contribution in [0.1, 0.15) is 72.1 Å². The molecule has 0 spiro atoms. The van der Waals surface area contributed by atoms with Gasteiger partial charge in [0, 0.05) is 3.92 Å². The lowest BCUT2D eigenvalue weighted by Gasteiger charge is -2.35. The fourth-order valence-electron chi connectivity index (χ4n) is 4.76. The molecule has 1 aliphatic heterocycles. The van der Waals surface area contributed by atoms with Crippen LogP contribution in [-0.4, -0.2) is 44.6 Å². The molecule has 180 valence electrons. The number of hydrogen-bond donors (Lipinski definition) is 2. The van der Waals surface area contributed by atoms with Crippen molar-refractivity contribution >= 4 is 28.6 Å². The van der Waals surface area contributed by atoms with Crippen molar-refractivity contribution in [2.45, 2.75) is 101 Å². The number of rotatable bonds is 11. The Balaban J connectivity index is 1.96. The third kappa shape index (κ3) is 6.59. The number of allylic oxidation sites excluding steroid dienone is 1. The van der Waals surface area contributed by atoms with Gasteiger partial charge in [-0.1, -0.05) is 61.4 Å². The van der Waals surface area contributed by atoms with Crippen LogP contribution >= 0.6 is 22.6 Å². The molecule has 1 saturated carbocycles. The number of aliphatic carboxylic acids is 1. The Morgan fingerprint density at radius 3 is 2.55 bits per heavy atom. The number of carboxylic acid groups (broad SMARTS) is 1. The van der Waals surface area contributed by atoms with E-state index in [-0.39, 0.29) is 40.3 Å².